The summed E-state index contributed by atoms with van der Waals surface area (Å²) >= 11 is 8.55. The van der Waals surface area contributed by atoms with Crippen LogP contribution in [-0.2, 0) is 6.54 Å². The van der Waals surface area contributed by atoms with Crippen molar-refractivity contribution in [1.82, 2.24) is 9.55 Å². The lowest BCUT2D eigenvalue weighted by molar-refractivity contribution is 0.297. The van der Waals surface area contributed by atoms with Crippen LogP contribution in [0.5, 0.6) is 0 Å². The van der Waals surface area contributed by atoms with Crippen LogP contribution in [0.3, 0.4) is 0 Å². The molecule has 1 aromatic carbocycles. The Bertz CT molecular complexity index is 642. The van der Waals surface area contributed by atoms with Crippen LogP contribution in [0.25, 0.3) is 11.0 Å². The van der Waals surface area contributed by atoms with Crippen LogP contribution in [-0.4, -0.2) is 9.55 Å². The monoisotopic (exact) mass is 330 g/mol. The molecular weight excluding hydrogens is 315 g/mol. The van der Waals surface area contributed by atoms with Gasteiger partial charge in [0.25, 0.3) is 0 Å². The van der Waals surface area contributed by atoms with Crippen LogP contribution in [0.2, 0.25) is 0 Å². The molecule has 0 aliphatic carbocycles. The van der Waals surface area contributed by atoms with Crippen LogP contribution < -0.4 is 0 Å². The number of halogens is 2. The molecule has 98 valence electrons. The first-order valence-corrected chi connectivity index (χ1v) is 7.12. The predicted molar refractivity (Wildman–Crippen MR) is 78.9 cm³/mol. The van der Waals surface area contributed by atoms with Crippen molar-refractivity contribution in [2.75, 3.05) is 0 Å². The van der Waals surface area contributed by atoms with E-state index in [1.165, 1.54) is 6.07 Å². The molecule has 0 fully saturated rings. The maximum absolute atomic E-state index is 13.5. The van der Waals surface area contributed by atoms with E-state index in [-0.39, 0.29) is 11.2 Å². The van der Waals surface area contributed by atoms with Gasteiger partial charge < -0.3 is 9.55 Å². The van der Waals surface area contributed by atoms with E-state index in [0.717, 1.165) is 24.0 Å². The molecule has 0 amide bonds. The highest BCUT2D eigenvalue weighted by molar-refractivity contribution is 9.10. The van der Waals surface area contributed by atoms with Crippen LogP contribution in [0, 0.1) is 16.0 Å². The fourth-order valence-corrected chi connectivity index (χ4v) is 2.45. The quantitative estimate of drug-likeness (QED) is 0.782. The second kappa shape index (κ2) is 4.78. The summed E-state index contributed by atoms with van der Waals surface area (Å²) < 4.78 is 16.6. The number of benzene rings is 1. The first-order valence-electron chi connectivity index (χ1n) is 5.91. The molecule has 0 aliphatic heterocycles. The van der Waals surface area contributed by atoms with Gasteiger partial charge in [-0.25, -0.2) is 4.39 Å². The highest BCUT2D eigenvalue weighted by Crippen LogP contribution is 2.28. The molecular formula is C13H16BrFN2S. The summed E-state index contributed by atoms with van der Waals surface area (Å²) in [7, 11) is 0. The minimum Gasteiger partial charge on any atom is -0.330 e. The van der Waals surface area contributed by atoms with Gasteiger partial charge in [-0.2, -0.15) is 0 Å². The Labute approximate surface area is 119 Å². The molecule has 2 nitrogen and oxygen atoms in total. The van der Waals surface area contributed by atoms with Gasteiger partial charge in [-0.05, 0) is 46.0 Å². The van der Waals surface area contributed by atoms with E-state index in [1.807, 2.05) is 4.57 Å². The molecule has 1 aromatic heterocycles. The Kier molecular flexibility index (Phi) is 3.65. The molecule has 2 aromatic rings. The van der Waals surface area contributed by atoms with Crippen molar-refractivity contribution < 1.29 is 4.39 Å². The van der Waals surface area contributed by atoms with Crippen LogP contribution in [0.15, 0.2) is 16.6 Å². The number of aromatic nitrogens is 2. The largest absolute Gasteiger partial charge is 0.330 e. The number of H-pyrrole nitrogens is 1. The van der Waals surface area contributed by atoms with E-state index in [0.29, 0.717) is 9.24 Å². The summed E-state index contributed by atoms with van der Waals surface area (Å²) in [6.07, 6.45) is 1.06. The Balaban J connectivity index is 2.60. The second-order valence-corrected chi connectivity index (χ2v) is 6.56. The molecule has 0 aliphatic rings. The lowest BCUT2D eigenvalue weighted by Gasteiger charge is -2.23. The first-order chi connectivity index (χ1) is 8.34. The molecule has 1 heterocycles. The van der Waals surface area contributed by atoms with Gasteiger partial charge >= 0.3 is 0 Å². The SMILES string of the molecule is CCC(C)(C)Cn1c(=S)[nH]c2cc(F)c(Br)cc21. The minimum atomic E-state index is -0.277. The molecule has 0 bridgehead atoms. The fourth-order valence-electron chi connectivity index (χ4n) is 1.85. The summed E-state index contributed by atoms with van der Waals surface area (Å²) in [5.41, 5.74) is 1.84. The molecule has 5 heteroatoms. The average Bonchev–Trinajstić information content (AvgIpc) is 2.57. The van der Waals surface area contributed by atoms with Crippen molar-refractivity contribution in [2.24, 2.45) is 5.41 Å². The van der Waals surface area contributed by atoms with Crippen molar-refractivity contribution >= 4 is 39.2 Å². The zero-order valence-corrected chi connectivity index (χ0v) is 13.1. The molecule has 1 N–H and O–H groups in total. The maximum Gasteiger partial charge on any atom is 0.178 e. The topological polar surface area (TPSA) is 20.7 Å². The molecule has 0 saturated heterocycles. The highest BCUT2D eigenvalue weighted by Gasteiger charge is 2.18. The van der Waals surface area contributed by atoms with Gasteiger partial charge in [-0.3, -0.25) is 0 Å². The Morgan fingerprint density at radius 3 is 2.72 bits per heavy atom. The number of aromatic amines is 1. The van der Waals surface area contributed by atoms with Gasteiger partial charge in [0.05, 0.1) is 15.5 Å². The van der Waals surface area contributed by atoms with Crippen molar-refractivity contribution in [3.8, 4) is 0 Å². The summed E-state index contributed by atoms with van der Waals surface area (Å²) in [5.74, 6) is -0.277. The van der Waals surface area contributed by atoms with Crippen molar-refractivity contribution in [3.63, 3.8) is 0 Å². The summed E-state index contributed by atoms with van der Waals surface area (Å²) in [5, 5.41) is 0. The van der Waals surface area contributed by atoms with Gasteiger partial charge in [0.1, 0.15) is 5.82 Å². The number of nitrogens with one attached hydrogen (secondary N) is 1. The zero-order valence-electron chi connectivity index (χ0n) is 10.7. The van der Waals surface area contributed by atoms with Gasteiger partial charge in [-0.15, -0.1) is 0 Å². The molecule has 0 unspecified atom stereocenters. The van der Waals surface area contributed by atoms with Gasteiger partial charge in [0.2, 0.25) is 0 Å². The zero-order chi connectivity index (χ0) is 13.5. The third-order valence-electron chi connectivity index (χ3n) is 3.36. The highest BCUT2D eigenvalue weighted by atomic mass is 79.9. The van der Waals surface area contributed by atoms with E-state index >= 15 is 0 Å². The number of hydrogen-bond donors (Lipinski definition) is 1. The van der Waals surface area contributed by atoms with E-state index in [4.69, 9.17) is 12.2 Å². The molecule has 2 rings (SSSR count). The van der Waals surface area contributed by atoms with E-state index in [9.17, 15) is 4.39 Å². The number of nitrogens with zero attached hydrogens (tertiary/aromatic N) is 1. The van der Waals surface area contributed by atoms with E-state index < -0.39 is 0 Å². The van der Waals surface area contributed by atoms with Gasteiger partial charge in [-0.1, -0.05) is 20.8 Å². The molecule has 0 radical (unpaired) electrons. The lowest BCUT2D eigenvalue weighted by Crippen LogP contribution is -2.18. The first kappa shape index (κ1) is 13.7. The van der Waals surface area contributed by atoms with Crippen LogP contribution >= 0.6 is 28.1 Å². The third kappa shape index (κ3) is 2.52. The molecule has 0 spiro atoms. The summed E-state index contributed by atoms with van der Waals surface area (Å²) in [6, 6.07) is 3.26. The predicted octanol–water partition coefficient (Wildman–Crippen LogP) is 5.04. The number of hydrogen-bond acceptors (Lipinski definition) is 1. The van der Waals surface area contributed by atoms with Crippen molar-refractivity contribution in [3.05, 3.63) is 27.2 Å². The normalized spacial score (nSPS) is 12.3. The van der Waals surface area contributed by atoms with Crippen molar-refractivity contribution in [2.45, 2.75) is 33.7 Å². The Morgan fingerprint density at radius 1 is 1.44 bits per heavy atom. The summed E-state index contributed by atoms with van der Waals surface area (Å²) in [6.45, 7) is 7.38. The number of imidazole rings is 1. The van der Waals surface area contributed by atoms with Crippen LogP contribution in [0.1, 0.15) is 27.2 Å². The van der Waals surface area contributed by atoms with Crippen molar-refractivity contribution in [1.29, 1.82) is 0 Å². The van der Waals surface area contributed by atoms with Crippen LogP contribution in [0.4, 0.5) is 4.39 Å². The number of rotatable bonds is 3. The summed E-state index contributed by atoms with van der Waals surface area (Å²) in [4.78, 5) is 3.06. The maximum atomic E-state index is 13.5. The molecule has 0 saturated carbocycles. The number of fused-ring (bicyclic) bond motifs is 1. The minimum absolute atomic E-state index is 0.161. The molecule has 18 heavy (non-hydrogen) atoms. The fraction of sp³-hybridized carbons (Fsp3) is 0.462. The van der Waals surface area contributed by atoms with E-state index in [2.05, 4.69) is 41.7 Å². The third-order valence-corrected chi connectivity index (χ3v) is 4.29. The Morgan fingerprint density at radius 2 is 2.11 bits per heavy atom. The standard InChI is InChI=1S/C13H16BrFN2S/c1-4-13(2,3)7-17-11-5-8(14)9(15)6-10(11)16-12(17)18/h5-6H,4,7H2,1-3H3,(H,16,18). The van der Waals surface area contributed by atoms with E-state index in [1.54, 1.807) is 6.07 Å². The smallest absolute Gasteiger partial charge is 0.178 e. The Hall–Kier alpha value is -0.680. The second-order valence-electron chi connectivity index (χ2n) is 5.32. The van der Waals surface area contributed by atoms with Gasteiger partial charge in [0.15, 0.2) is 4.77 Å². The lowest BCUT2D eigenvalue weighted by atomic mass is 9.90. The van der Waals surface area contributed by atoms with Gasteiger partial charge in [0, 0.05) is 12.6 Å². The molecule has 0 atom stereocenters. The average molecular weight is 331 g/mol.